The zero-order valence-electron chi connectivity index (χ0n) is 18.5. The van der Waals surface area contributed by atoms with E-state index in [0.29, 0.717) is 48.5 Å². The number of imidazole rings is 1. The number of ether oxygens (including phenoxy) is 1. The fourth-order valence-electron chi connectivity index (χ4n) is 4.35. The van der Waals surface area contributed by atoms with E-state index in [0.717, 1.165) is 20.2 Å². The van der Waals surface area contributed by atoms with Crippen LogP contribution in [0.4, 0.5) is 4.39 Å². The number of benzene rings is 2. The van der Waals surface area contributed by atoms with Crippen LogP contribution < -0.4 is 4.74 Å². The number of rotatable bonds is 5. The van der Waals surface area contributed by atoms with E-state index < -0.39 is 11.4 Å². The highest BCUT2D eigenvalue weighted by molar-refractivity contribution is 14.1. The lowest BCUT2D eigenvalue weighted by molar-refractivity contribution is -0.150. The number of pyridine rings is 1. The molecule has 0 spiro atoms. The second kappa shape index (κ2) is 8.98. The first-order chi connectivity index (χ1) is 16.3. The summed E-state index contributed by atoms with van der Waals surface area (Å²) in [7, 11) is 0. The molecule has 0 atom stereocenters. The van der Waals surface area contributed by atoms with E-state index in [-0.39, 0.29) is 11.9 Å². The van der Waals surface area contributed by atoms with Crippen LogP contribution in [0.15, 0.2) is 54.7 Å². The van der Waals surface area contributed by atoms with Crippen LogP contribution in [0.25, 0.3) is 33.5 Å². The van der Waals surface area contributed by atoms with Gasteiger partial charge in [0.15, 0.2) is 0 Å². The number of H-pyrrole nitrogens is 1. The minimum atomic E-state index is -0.748. The van der Waals surface area contributed by atoms with Gasteiger partial charge in [-0.2, -0.15) is 0 Å². The number of halogens is 2. The molecule has 8 heteroatoms. The van der Waals surface area contributed by atoms with Gasteiger partial charge in [-0.15, -0.1) is 0 Å². The lowest BCUT2D eigenvalue weighted by Gasteiger charge is -2.33. The number of nitrogens with zero attached hydrogens (tertiary/aromatic N) is 2. The second-order valence-corrected chi connectivity index (χ2v) is 10.3. The molecule has 1 fully saturated rings. The van der Waals surface area contributed by atoms with E-state index in [4.69, 9.17) is 4.74 Å². The highest BCUT2D eigenvalue weighted by Gasteiger charge is 2.38. The zero-order valence-corrected chi connectivity index (χ0v) is 20.7. The number of hydrogen-bond acceptors (Lipinski definition) is 4. The number of aromatic amines is 1. The Bertz CT molecular complexity index is 1360. The minimum absolute atomic E-state index is 0.0467. The molecule has 2 aromatic carbocycles. The van der Waals surface area contributed by atoms with E-state index in [9.17, 15) is 14.3 Å². The van der Waals surface area contributed by atoms with Gasteiger partial charge in [0.1, 0.15) is 17.7 Å². The minimum Gasteiger partial charge on any atom is -0.481 e. The molecule has 2 heterocycles. The normalized spacial score (nSPS) is 20.4. The molecule has 4 aromatic rings. The molecule has 0 aliphatic heterocycles. The average molecular weight is 571 g/mol. The third kappa shape index (κ3) is 4.51. The number of nitrogens with one attached hydrogen (secondary N) is 1. The fourth-order valence-corrected chi connectivity index (χ4v) is 4.84. The van der Waals surface area contributed by atoms with Gasteiger partial charge in [-0.1, -0.05) is 6.07 Å². The van der Waals surface area contributed by atoms with Gasteiger partial charge in [0.05, 0.1) is 22.0 Å². The maximum Gasteiger partial charge on any atom is 0.309 e. The Kier molecular flexibility index (Phi) is 6.01. The molecular weight excluding hydrogens is 548 g/mol. The Morgan fingerprint density at radius 1 is 1.15 bits per heavy atom. The number of carbonyl (C=O) groups is 1. The van der Waals surface area contributed by atoms with Crippen molar-refractivity contribution in [1.29, 1.82) is 0 Å². The number of fused-ring (bicyclic) bond motifs is 1. The highest BCUT2D eigenvalue weighted by Crippen LogP contribution is 2.37. The molecule has 0 unspecified atom stereocenters. The molecule has 2 N–H and O–H groups in total. The first-order valence-electron chi connectivity index (χ1n) is 11.1. The van der Waals surface area contributed by atoms with E-state index in [1.807, 2.05) is 30.3 Å². The van der Waals surface area contributed by atoms with Gasteiger partial charge in [-0.3, -0.25) is 4.79 Å². The van der Waals surface area contributed by atoms with E-state index in [2.05, 4.69) is 37.5 Å². The monoisotopic (exact) mass is 571 g/mol. The van der Waals surface area contributed by atoms with E-state index in [1.54, 1.807) is 25.3 Å². The van der Waals surface area contributed by atoms with Crippen LogP contribution in [0.1, 0.15) is 32.6 Å². The summed E-state index contributed by atoms with van der Waals surface area (Å²) in [6, 6.07) is 14.5. The first-order valence-corrected chi connectivity index (χ1v) is 12.2. The molecule has 0 bridgehead atoms. The molecule has 5 rings (SSSR count). The number of aromatic nitrogens is 3. The topological polar surface area (TPSA) is 88.1 Å². The van der Waals surface area contributed by atoms with Crippen LogP contribution >= 0.6 is 22.6 Å². The molecule has 34 heavy (non-hydrogen) atoms. The van der Waals surface area contributed by atoms with E-state index >= 15 is 0 Å². The van der Waals surface area contributed by atoms with Gasteiger partial charge in [-0.05, 0) is 97.2 Å². The second-order valence-electron chi connectivity index (χ2n) is 9.01. The molecular formula is C26H23FIN3O3. The lowest BCUT2D eigenvalue weighted by atomic mass is 9.75. The Labute approximate surface area is 209 Å². The average Bonchev–Trinajstić information content (AvgIpc) is 3.24. The third-order valence-electron chi connectivity index (χ3n) is 6.58. The van der Waals surface area contributed by atoms with Gasteiger partial charge in [0, 0.05) is 21.4 Å². The van der Waals surface area contributed by atoms with Gasteiger partial charge in [0.25, 0.3) is 0 Å². The van der Waals surface area contributed by atoms with Gasteiger partial charge in [0.2, 0.25) is 5.88 Å². The van der Waals surface area contributed by atoms with E-state index in [1.165, 1.54) is 6.07 Å². The molecule has 174 valence electrons. The predicted octanol–water partition coefficient (Wildman–Crippen LogP) is 6.45. The predicted molar refractivity (Wildman–Crippen MR) is 136 cm³/mol. The van der Waals surface area contributed by atoms with Crippen LogP contribution in [-0.4, -0.2) is 32.1 Å². The third-order valence-corrected chi connectivity index (χ3v) is 7.25. The van der Waals surface area contributed by atoms with Crippen molar-refractivity contribution in [3.63, 3.8) is 0 Å². The molecule has 1 aliphatic rings. The fraction of sp³-hybridized carbons (Fsp3) is 0.269. The maximum absolute atomic E-state index is 15.0. The zero-order chi connectivity index (χ0) is 23.9. The summed E-state index contributed by atoms with van der Waals surface area (Å²) in [6.45, 7) is 1.79. The number of carboxylic acids is 1. The SMILES string of the molecule is CC1(C(=O)O)CCC(Oc2ccc(-c3ccc(-c4nc5ccc(I)cc5[nH]4)c(F)c3)cn2)CC1. The quantitative estimate of drug-likeness (QED) is 0.269. The van der Waals surface area contributed by atoms with Crippen LogP contribution in [0.2, 0.25) is 0 Å². The number of aliphatic carboxylic acids is 1. The number of hydrogen-bond donors (Lipinski definition) is 2. The van der Waals surface area contributed by atoms with Gasteiger partial charge < -0.3 is 14.8 Å². The molecule has 0 amide bonds. The summed E-state index contributed by atoms with van der Waals surface area (Å²) in [5.41, 5.74) is 2.89. The van der Waals surface area contributed by atoms with Crippen molar-refractivity contribution < 1.29 is 19.0 Å². The maximum atomic E-state index is 15.0. The van der Waals surface area contributed by atoms with Crippen LogP contribution in [0.3, 0.4) is 0 Å². The standard InChI is InChI=1S/C26H23FIN3O3/c1-26(25(32)33)10-8-18(9-11-26)34-23-7-3-16(14-29-23)15-2-5-19(20(27)12-15)24-30-21-6-4-17(28)13-22(21)31-24/h2-7,12-14,18H,8-11H2,1H3,(H,30,31)(H,32,33). The summed E-state index contributed by atoms with van der Waals surface area (Å²) in [6.07, 6.45) is 4.15. The summed E-state index contributed by atoms with van der Waals surface area (Å²) in [5, 5.41) is 9.37. The lowest BCUT2D eigenvalue weighted by Crippen LogP contribution is -2.36. The van der Waals surface area contributed by atoms with Crippen molar-refractivity contribution in [2.45, 2.75) is 38.7 Å². The molecule has 0 radical (unpaired) electrons. The molecule has 1 saturated carbocycles. The van der Waals surface area contributed by atoms with Crippen molar-refractivity contribution in [3.05, 3.63) is 64.1 Å². The van der Waals surface area contributed by atoms with Crippen LogP contribution in [0.5, 0.6) is 5.88 Å². The van der Waals surface area contributed by atoms with Crippen molar-refractivity contribution in [3.8, 4) is 28.4 Å². The molecule has 6 nitrogen and oxygen atoms in total. The van der Waals surface area contributed by atoms with Crippen molar-refractivity contribution in [2.75, 3.05) is 0 Å². The number of carboxylic acid groups (broad SMARTS) is 1. The Hall–Kier alpha value is -3.01. The van der Waals surface area contributed by atoms with Gasteiger partial charge >= 0.3 is 5.97 Å². The van der Waals surface area contributed by atoms with Crippen molar-refractivity contribution in [2.24, 2.45) is 5.41 Å². The van der Waals surface area contributed by atoms with Crippen molar-refractivity contribution >= 4 is 39.6 Å². The summed E-state index contributed by atoms with van der Waals surface area (Å²) in [4.78, 5) is 23.5. The van der Waals surface area contributed by atoms with Crippen LogP contribution in [0, 0.1) is 14.8 Å². The highest BCUT2D eigenvalue weighted by atomic mass is 127. The Balaban J connectivity index is 1.29. The largest absolute Gasteiger partial charge is 0.481 e. The first kappa shape index (κ1) is 22.8. The Morgan fingerprint density at radius 3 is 2.59 bits per heavy atom. The summed E-state index contributed by atoms with van der Waals surface area (Å²) >= 11 is 2.23. The van der Waals surface area contributed by atoms with Gasteiger partial charge in [-0.25, -0.2) is 14.4 Å². The van der Waals surface area contributed by atoms with Crippen LogP contribution in [-0.2, 0) is 4.79 Å². The smallest absolute Gasteiger partial charge is 0.309 e. The summed E-state index contributed by atoms with van der Waals surface area (Å²) in [5.74, 6) is -0.131. The molecule has 1 aliphatic carbocycles. The Morgan fingerprint density at radius 2 is 1.91 bits per heavy atom. The summed E-state index contributed by atoms with van der Waals surface area (Å²) < 4.78 is 22.0. The molecule has 2 aromatic heterocycles. The van der Waals surface area contributed by atoms with Crippen molar-refractivity contribution in [1.82, 2.24) is 15.0 Å². The molecule has 0 saturated heterocycles.